The zero-order chi connectivity index (χ0) is 13.6. The van der Waals surface area contributed by atoms with Crippen molar-refractivity contribution in [2.75, 3.05) is 12.3 Å². The van der Waals surface area contributed by atoms with Gasteiger partial charge in [0, 0.05) is 36.3 Å². The molecule has 3 rings (SSSR count). The molecule has 1 saturated heterocycles. The number of nitrogen functional groups attached to an aromatic ring is 1. The van der Waals surface area contributed by atoms with Crippen LogP contribution >= 0.6 is 0 Å². The van der Waals surface area contributed by atoms with Crippen LogP contribution in [-0.4, -0.2) is 35.5 Å². The minimum absolute atomic E-state index is 0.0203. The molecule has 0 unspecified atom stereocenters. The van der Waals surface area contributed by atoms with Gasteiger partial charge in [-0.1, -0.05) is 6.07 Å². The molecule has 1 aromatic carbocycles. The molecule has 2 aliphatic rings. The smallest absolute Gasteiger partial charge is 0.255 e. The molecule has 2 amide bonds. The maximum Gasteiger partial charge on any atom is 0.255 e. The highest BCUT2D eigenvalue weighted by molar-refractivity contribution is 6.02. The molecule has 0 radical (unpaired) electrons. The highest BCUT2D eigenvalue weighted by atomic mass is 19.1. The Bertz CT molecular complexity index is 561. The molecule has 2 heterocycles. The van der Waals surface area contributed by atoms with Gasteiger partial charge in [0.2, 0.25) is 5.91 Å². The van der Waals surface area contributed by atoms with Gasteiger partial charge in [-0.3, -0.25) is 9.59 Å². The number of hydrogen-bond donors (Lipinski definition) is 2. The Morgan fingerprint density at radius 2 is 2.16 bits per heavy atom. The second-order valence-corrected chi connectivity index (χ2v) is 4.90. The van der Waals surface area contributed by atoms with Crippen molar-refractivity contribution in [3.8, 4) is 0 Å². The third-order valence-electron chi connectivity index (χ3n) is 3.69. The monoisotopic (exact) mass is 263 g/mol. The number of rotatable bonds is 1. The van der Waals surface area contributed by atoms with Gasteiger partial charge in [-0.25, -0.2) is 4.39 Å². The molecule has 19 heavy (non-hydrogen) atoms. The molecule has 100 valence electrons. The summed E-state index contributed by atoms with van der Waals surface area (Å²) >= 11 is 0. The Kier molecular flexibility index (Phi) is 2.66. The fraction of sp³-hybridized carbons (Fsp3) is 0.385. The normalized spacial score (nSPS) is 26.3. The summed E-state index contributed by atoms with van der Waals surface area (Å²) < 4.78 is 13.4. The van der Waals surface area contributed by atoms with Crippen LogP contribution in [0.3, 0.4) is 0 Å². The molecule has 1 fully saturated rings. The molecule has 0 bridgehead atoms. The summed E-state index contributed by atoms with van der Waals surface area (Å²) in [6, 6.07) is 4.35. The van der Waals surface area contributed by atoms with E-state index in [1.165, 1.54) is 4.90 Å². The summed E-state index contributed by atoms with van der Waals surface area (Å²) in [6.45, 7) is 0.290. The number of amides is 2. The third kappa shape index (κ3) is 1.83. The van der Waals surface area contributed by atoms with Crippen molar-refractivity contribution in [3.63, 3.8) is 0 Å². The Balaban J connectivity index is 1.91. The molecule has 0 aromatic heterocycles. The quantitative estimate of drug-likeness (QED) is 0.722. The number of nitrogens with zero attached hydrogens (tertiary/aromatic N) is 1. The van der Waals surface area contributed by atoms with E-state index in [-0.39, 0.29) is 31.3 Å². The predicted octanol–water partition coefficient (Wildman–Crippen LogP) is 0.451. The summed E-state index contributed by atoms with van der Waals surface area (Å²) in [5.74, 6) is -0.551. The van der Waals surface area contributed by atoms with Gasteiger partial charge in [0.1, 0.15) is 12.2 Å². The number of anilines is 1. The van der Waals surface area contributed by atoms with Crippen LogP contribution in [0, 0.1) is 0 Å². The molecule has 2 atom stereocenters. The molecule has 2 aliphatic heterocycles. The van der Waals surface area contributed by atoms with Crippen molar-refractivity contribution in [1.82, 2.24) is 10.2 Å². The zero-order valence-electron chi connectivity index (χ0n) is 10.2. The van der Waals surface area contributed by atoms with Crippen LogP contribution < -0.4 is 11.1 Å². The first-order valence-corrected chi connectivity index (χ1v) is 6.18. The van der Waals surface area contributed by atoms with Gasteiger partial charge in [0.15, 0.2) is 0 Å². The van der Waals surface area contributed by atoms with E-state index in [9.17, 15) is 14.0 Å². The SMILES string of the molecule is Nc1cccc2c1CN([C@H]1C[C@@H](F)CNC1=O)C2=O. The van der Waals surface area contributed by atoms with E-state index < -0.39 is 12.2 Å². The van der Waals surface area contributed by atoms with Gasteiger partial charge in [0.05, 0.1) is 0 Å². The van der Waals surface area contributed by atoms with E-state index in [0.717, 1.165) is 5.56 Å². The molecule has 5 nitrogen and oxygen atoms in total. The minimum atomic E-state index is -1.11. The fourth-order valence-electron chi connectivity index (χ4n) is 2.66. The topological polar surface area (TPSA) is 75.4 Å². The van der Waals surface area contributed by atoms with Crippen molar-refractivity contribution >= 4 is 17.5 Å². The van der Waals surface area contributed by atoms with Gasteiger partial charge in [-0.05, 0) is 12.1 Å². The number of carbonyl (C=O) groups is 2. The maximum atomic E-state index is 13.4. The molecule has 0 aliphatic carbocycles. The van der Waals surface area contributed by atoms with Crippen molar-refractivity contribution in [1.29, 1.82) is 0 Å². The lowest BCUT2D eigenvalue weighted by Gasteiger charge is -2.31. The summed E-state index contributed by atoms with van der Waals surface area (Å²) in [4.78, 5) is 25.5. The minimum Gasteiger partial charge on any atom is -0.398 e. The van der Waals surface area contributed by atoms with Gasteiger partial charge >= 0.3 is 0 Å². The van der Waals surface area contributed by atoms with Gasteiger partial charge in [-0.15, -0.1) is 0 Å². The summed E-state index contributed by atoms with van der Waals surface area (Å²) in [5, 5.41) is 2.48. The van der Waals surface area contributed by atoms with E-state index in [4.69, 9.17) is 5.73 Å². The molecular weight excluding hydrogens is 249 g/mol. The summed E-state index contributed by atoms with van der Waals surface area (Å²) in [6.07, 6.45) is -1.07. The number of piperidine rings is 1. The maximum absolute atomic E-state index is 13.4. The Hall–Kier alpha value is -2.11. The van der Waals surface area contributed by atoms with Crippen LogP contribution in [-0.2, 0) is 11.3 Å². The number of alkyl halides is 1. The van der Waals surface area contributed by atoms with E-state index in [0.29, 0.717) is 11.3 Å². The van der Waals surface area contributed by atoms with E-state index in [2.05, 4.69) is 5.32 Å². The van der Waals surface area contributed by atoms with E-state index in [1.807, 2.05) is 0 Å². The van der Waals surface area contributed by atoms with Crippen LogP contribution in [0.4, 0.5) is 10.1 Å². The van der Waals surface area contributed by atoms with Gasteiger partial charge < -0.3 is 16.0 Å². The van der Waals surface area contributed by atoms with Crippen LogP contribution in [0.5, 0.6) is 0 Å². The number of halogens is 1. The highest BCUT2D eigenvalue weighted by Crippen LogP contribution is 2.30. The van der Waals surface area contributed by atoms with E-state index >= 15 is 0 Å². The second-order valence-electron chi connectivity index (χ2n) is 4.90. The lowest BCUT2D eigenvalue weighted by atomic mass is 10.0. The van der Waals surface area contributed by atoms with Crippen molar-refractivity contribution in [2.45, 2.75) is 25.2 Å². The first kappa shape index (κ1) is 12.0. The third-order valence-corrected chi connectivity index (χ3v) is 3.69. The number of hydrogen-bond acceptors (Lipinski definition) is 3. The number of nitrogens with one attached hydrogen (secondary N) is 1. The van der Waals surface area contributed by atoms with E-state index in [1.54, 1.807) is 18.2 Å². The van der Waals surface area contributed by atoms with Gasteiger partial charge in [-0.2, -0.15) is 0 Å². The largest absolute Gasteiger partial charge is 0.398 e. The number of nitrogens with two attached hydrogens (primary N) is 1. The standard InChI is InChI=1S/C13H14FN3O2/c14-7-4-11(12(18)16-5-7)17-6-9-8(13(17)19)2-1-3-10(9)15/h1-3,7,11H,4-6,15H2,(H,16,18)/t7-,11+/m1/s1. The fourth-order valence-corrected chi connectivity index (χ4v) is 2.66. The first-order chi connectivity index (χ1) is 9.08. The van der Waals surface area contributed by atoms with Crippen LogP contribution in [0.15, 0.2) is 18.2 Å². The van der Waals surface area contributed by atoms with Crippen molar-refractivity contribution < 1.29 is 14.0 Å². The Morgan fingerprint density at radius 1 is 1.37 bits per heavy atom. The van der Waals surface area contributed by atoms with Crippen LogP contribution in [0.25, 0.3) is 0 Å². The lowest BCUT2D eigenvalue weighted by molar-refractivity contribution is -0.128. The summed E-state index contributed by atoms with van der Waals surface area (Å²) in [7, 11) is 0. The predicted molar refractivity (Wildman–Crippen MR) is 67.0 cm³/mol. The molecule has 6 heteroatoms. The average molecular weight is 263 g/mol. The molecule has 0 saturated carbocycles. The van der Waals surface area contributed by atoms with Crippen molar-refractivity contribution in [2.24, 2.45) is 0 Å². The highest BCUT2D eigenvalue weighted by Gasteiger charge is 2.40. The van der Waals surface area contributed by atoms with Crippen LogP contribution in [0.2, 0.25) is 0 Å². The van der Waals surface area contributed by atoms with Gasteiger partial charge in [0.25, 0.3) is 5.91 Å². The second kappa shape index (κ2) is 4.22. The number of carbonyl (C=O) groups excluding carboxylic acids is 2. The number of fused-ring (bicyclic) bond motifs is 1. The summed E-state index contributed by atoms with van der Waals surface area (Å²) in [5.41, 5.74) is 7.59. The lowest BCUT2D eigenvalue weighted by Crippen LogP contribution is -2.54. The molecule has 3 N–H and O–H groups in total. The van der Waals surface area contributed by atoms with Crippen molar-refractivity contribution in [3.05, 3.63) is 29.3 Å². The average Bonchev–Trinajstić information content (AvgIpc) is 2.72. The van der Waals surface area contributed by atoms with Crippen LogP contribution in [0.1, 0.15) is 22.3 Å². The molecule has 0 spiro atoms. The molecule has 1 aromatic rings. The zero-order valence-corrected chi connectivity index (χ0v) is 10.2. The Morgan fingerprint density at radius 3 is 2.89 bits per heavy atom. The first-order valence-electron chi connectivity index (χ1n) is 6.18. The number of benzene rings is 1. The Labute approximate surface area is 109 Å². The molecular formula is C13H14FN3O2.